The van der Waals surface area contributed by atoms with E-state index in [0.29, 0.717) is 22.9 Å². The molecule has 0 fully saturated rings. The van der Waals surface area contributed by atoms with E-state index in [1.165, 1.54) is 11.8 Å². The Hall–Kier alpha value is -2.37. The third kappa shape index (κ3) is 5.07. The van der Waals surface area contributed by atoms with Gasteiger partial charge in [-0.15, -0.1) is 11.8 Å². The maximum absolute atomic E-state index is 12.1. The highest BCUT2D eigenvalue weighted by Gasteiger charge is 2.06. The van der Waals surface area contributed by atoms with Crippen molar-refractivity contribution in [2.75, 3.05) is 11.1 Å². The van der Waals surface area contributed by atoms with Crippen molar-refractivity contribution in [1.82, 2.24) is 9.97 Å². The molecule has 1 N–H and O–H groups in total. The van der Waals surface area contributed by atoms with Gasteiger partial charge in [-0.05, 0) is 30.7 Å². The van der Waals surface area contributed by atoms with Crippen molar-refractivity contribution in [2.45, 2.75) is 18.4 Å². The van der Waals surface area contributed by atoms with Crippen LogP contribution in [-0.4, -0.2) is 21.6 Å². The van der Waals surface area contributed by atoms with E-state index >= 15 is 0 Å². The molecule has 0 aliphatic rings. The minimum Gasteiger partial charge on any atom is -0.326 e. The number of nitrogens with one attached hydrogen (secondary N) is 1. The molecule has 26 heavy (non-hydrogen) atoms. The van der Waals surface area contributed by atoms with Crippen LogP contribution >= 0.6 is 23.4 Å². The summed E-state index contributed by atoms with van der Waals surface area (Å²) in [5.74, 6) is 0.589. The quantitative estimate of drug-likeness (QED) is 0.468. The number of amides is 1. The number of hydrogen-bond donors (Lipinski definition) is 1. The van der Waals surface area contributed by atoms with E-state index in [4.69, 9.17) is 11.6 Å². The van der Waals surface area contributed by atoms with Crippen LogP contribution in [-0.2, 0) is 4.79 Å². The number of rotatable bonds is 6. The first-order chi connectivity index (χ1) is 12.6. The number of benzene rings is 2. The van der Waals surface area contributed by atoms with Crippen LogP contribution in [0.25, 0.3) is 11.3 Å². The van der Waals surface area contributed by atoms with Gasteiger partial charge in [0.1, 0.15) is 6.33 Å². The van der Waals surface area contributed by atoms with Crippen LogP contribution in [0.1, 0.15) is 12.0 Å². The highest BCUT2D eigenvalue weighted by Crippen LogP contribution is 2.23. The molecule has 1 amide bonds. The van der Waals surface area contributed by atoms with Crippen LogP contribution in [0, 0.1) is 6.92 Å². The van der Waals surface area contributed by atoms with Gasteiger partial charge in [0.15, 0.2) is 0 Å². The summed E-state index contributed by atoms with van der Waals surface area (Å²) in [6.07, 6.45) is 1.94. The summed E-state index contributed by atoms with van der Waals surface area (Å²) in [5.41, 5.74) is 3.62. The minimum atomic E-state index is -0.0465. The number of aryl methyl sites for hydroxylation is 1. The lowest BCUT2D eigenvalue weighted by Crippen LogP contribution is -2.12. The summed E-state index contributed by atoms with van der Waals surface area (Å²) >= 11 is 7.61. The zero-order valence-corrected chi connectivity index (χ0v) is 15.8. The van der Waals surface area contributed by atoms with Crippen molar-refractivity contribution in [3.63, 3.8) is 0 Å². The number of hydrogen-bond acceptors (Lipinski definition) is 4. The first-order valence-electron chi connectivity index (χ1n) is 8.18. The predicted octanol–water partition coefficient (Wildman–Crippen LogP) is 5.23. The van der Waals surface area contributed by atoms with Crippen molar-refractivity contribution in [1.29, 1.82) is 0 Å². The zero-order chi connectivity index (χ0) is 18.4. The summed E-state index contributed by atoms with van der Waals surface area (Å²) in [4.78, 5) is 20.7. The van der Waals surface area contributed by atoms with Gasteiger partial charge in [-0.1, -0.05) is 48.0 Å². The first kappa shape index (κ1) is 18.4. The SMILES string of the molecule is Cc1ccc(NC(=O)CCSc2cc(-c3ccccc3)ncn2)cc1Cl. The molecule has 0 spiro atoms. The summed E-state index contributed by atoms with van der Waals surface area (Å²) in [7, 11) is 0. The average Bonchev–Trinajstić information content (AvgIpc) is 2.66. The van der Waals surface area contributed by atoms with E-state index in [2.05, 4.69) is 15.3 Å². The lowest BCUT2D eigenvalue weighted by Gasteiger charge is -2.07. The fraction of sp³-hybridized carbons (Fsp3) is 0.150. The second-order valence-electron chi connectivity index (χ2n) is 5.72. The molecule has 0 saturated carbocycles. The van der Waals surface area contributed by atoms with E-state index in [-0.39, 0.29) is 5.91 Å². The summed E-state index contributed by atoms with van der Waals surface area (Å²) in [6.45, 7) is 1.93. The van der Waals surface area contributed by atoms with Crippen LogP contribution in [0.4, 0.5) is 5.69 Å². The van der Waals surface area contributed by atoms with E-state index in [1.54, 1.807) is 12.4 Å². The molecule has 6 heteroatoms. The second kappa shape index (κ2) is 8.83. The smallest absolute Gasteiger partial charge is 0.225 e. The Morgan fingerprint density at radius 1 is 1.12 bits per heavy atom. The highest BCUT2D eigenvalue weighted by molar-refractivity contribution is 7.99. The lowest BCUT2D eigenvalue weighted by molar-refractivity contribution is -0.115. The second-order valence-corrected chi connectivity index (χ2v) is 7.24. The molecule has 3 rings (SSSR count). The largest absolute Gasteiger partial charge is 0.326 e. The van der Waals surface area contributed by atoms with Crippen LogP contribution in [0.2, 0.25) is 5.02 Å². The number of anilines is 1. The first-order valence-corrected chi connectivity index (χ1v) is 9.54. The Labute approximate surface area is 162 Å². The molecule has 1 aromatic heterocycles. The summed E-state index contributed by atoms with van der Waals surface area (Å²) in [6, 6.07) is 17.4. The molecule has 0 aliphatic heterocycles. The van der Waals surface area contributed by atoms with Gasteiger partial charge < -0.3 is 5.32 Å². The van der Waals surface area contributed by atoms with Gasteiger partial charge >= 0.3 is 0 Å². The fourth-order valence-electron chi connectivity index (χ4n) is 2.33. The van der Waals surface area contributed by atoms with Crippen molar-refractivity contribution < 1.29 is 4.79 Å². The van der Waals surface area contributed by atoms with Crippen LogP contribution in [0.15, 0.2) is 66.0 Å². The molecule has 1 heterocycles. The number of aromatic nitrogens is 2. The Balaban J connectivity index is 1.53. The number of thioether (sulfide) groups is 1. The van der Waals surface area contributed by atoms with Gasteiger partial charge in [-0.25, -0.2) is 9.97 Å². The molecule has 0 bridgehead atoms. The molecule has 132 valence electrons. The number of carbonyl (C=O) groups is 1. The molecule has 2 aromatic carbocycles. The van der Waals surface area contributed by atoms with Crippen LogP contribution in [0.3, 0.4) is 0 Å². The number of halogens is 1. The Morgan fingerprint density at radius 3 is 2.69 bits per heavy atom. The van der Waals surface area contributed by atoms with Crippen molar-refractivity contribution in [3.05, 3.63) is 71.5 Å². The maximum atomic E-state index is 12.1. The molecule has 3 aromatic rings. The van der Waals surface area contributed by atoms with Gasteiger partial charge in [0.05, 0.1) is 10.7 Å². The fourth-order valence-corrected chi connectivity index (χ4v) is 3.32. The standard InChI is InChI=1S/C20H18ClN3OS/c1-14-7-8-16(11-17(14)21)24-19(25)9-10-26-20-12-18(22-13-23-20)15-5-3-2-4-6-15/h2-8,11-13H,9-10H2,1H3,(H,24,25). The normalized spacial score (nSPS) is 10.5. The number of nitrogens with zero attached hydrogens (tertiary/aromatic N) is 2. The van der Waals surface area contributed by atoms with Crippen LogP contribution < -0.4 is 5.32 Å². The molecule has 0 saturated heterocycles. The van der Waals surface area contributed by atoms with Crippen molar-refractivity contribution in [2.24, 2.45) is 0 Å². The van der Waals surface area contributed by atoms with E-state index in [0.717, 1.165) is 21.8 Å². The van der Waals surface area contributed by atoms with E-state index < -0.39 is 0 Å². The van der Waals surface area contributed by atoms with Crippen molar-refractivity contribution >= 4 is 35.0 Å². The van der Waals surface area contributed by atoms with Gasteiger partial charge in [-0.2, -0.15) is 0 Å². The summed E-state index contributed by atoms with van der Waals surface area (Å²) in [5, 5.41) is 4.36. The number of carbonyl (C=O) groups excluding carboxylic acids is 1. The minimum absolute atomic E-state index is 0.0465. The molecule has 0 aliphatic carbocycles. The predicted molar refractivity (Wildman–Crippen MR) is 108 cm³/mol. The van der Waals surface area contributed by atoms with Crippen LogP contribution in [0.5, 0.6) is 0 Å². The molecule has 0 radical (unpaired) electrons. The molecule has 0 unspecified atom stereocenters. The third-order valence-electron chi connectivity index (χ3n) is 3.75. The monoisotopic (exact) mass is 383 g/mol. The maximum Gasteiger partial charge on any atom is 0.225 e. The zero-order valence-electron chi connectivity index (χ0n) is 14.3. The van der Waals surface area contributed by atoms with E-state index in [1.807, 2.05) is 55.5 Å². The van der Waals surface area contributed by atoms with Gasteiger partial charge in [-0.3, -0.25) is 4.79 Å². The Kier molecular flexibility index (Phi) is 6.26. The Morgan fingerprint density at radius 2 is 1.92 bits per heavy atom. The molecular weight excluding hydrogens is 366 g/mol. The molecule has 4 nitrogen and oxygen atoms in total. The third-order valence-corrected chi connectivity index (χ3v) is 5.08. The van der Waals surface area contributed by atoms with Gasteiger partial charge in [0.2, 0.25) is 5.91 Å². The Bertz CT molecular complexity index is 903. The lowest BCUT2D eigenvalue weighted by atomic mass is 10.1. The molecular formula is C20H18ClN3OS. The summed E-state index contributed by atoms with van der Waals surface area (Å²) < 4.78 is 0. The van der Waals surface area contributed by atoms with Gasteiger partial charge in [0, 0.05) is 28.4 Å². The van der Waals surface area contributed by atoms with E-state index in [9.17, 15) is 4.79 Å². The topological polar surface area (TPSA) is 54.9 Å². The van der Waals surface area contributed by atoms with Gasteiger partial charge in [0.25, 0.3) is 0 Å². The van der Waals surface area contributed by atoms with Crippen molar-refractivity contribution in [3.8, 4) is 11.3 Å². The highest BCUT2D eigenvalue weighted by atomic mass is 35.5. The molecule has 0 atom stereocenters. The average molecular weight is 384 g/mol.